The van der Waals surface area contributed by atoms with E-state index in [4.69, 9.17) is 0 Å². The Hall–Kier alpha value is -0.780. The summed E-state index contributed by atoms with van der Waals surface area (Å²) in [7, 11) is -3.26. The second kappa shape index (κ2) is 1.06. The van der Waals surface area contributed by atoms with Crippen molar-refractivity contribution in [3.8, 4) is 0 Å². The highest BCUT2D eigenvalue weighted by atomic mass is 32.2. The minimum absolute atomic E-state index is 0.334. The van der Waals surface area contributed by atoms with Gasteiger partial charge in [0.1, 0.15) is 0 Å². The SMILES string of the molecule is O=C1N2CCN1S2(=O)=O. The molecule has 3 aliphatic heterocycles. The fourth-order valence-electron chi connectivity index (χ4n) is 1.01. The Morgan fingerprint density at radius 3 is 1.78 bits per heavy atom. The molecule has 9 heavy (non-hydrogen) atoms. The van der Waals surface area contributed by atoms with Crippen LogP contribution in [0.2, 0.25) is 0 Å². The molecule has 0 aromatic carbocycles. The number of hydrogen-bond acceptors (Lipinski definition) is 3. The van der Waals surface area contributed by atoms with Crippen molar-refractivity contribution >= 4 is 16.2 Å². The number of carbonyl (C=O) groups is 1. The standard InChI is InChI=1S/C3H4N2O3S/c6-3-4-1-2-5(3)9(4,7)8/h1-2H2. The lowest BCUT2D eigenvalue weighted by Crippen LogP contribution is -2.53. The van der Waals surface area contributed by atoms with Crippen LogP contribution in [0.25, 0.3) is 0 Å². The predicted molar refractivity (Wildman–Crippen MR) is 27.7 cm³/mol. The first-order valence-electron chi connectivity index (χ1n) is 2.48. The lowest BCUT2D eigenvalue weighted by molar-refractivity contribution is 0.209. The molecule has 0 aromatic rings. The van der Waals surface area contributed by atoms with Crippen molar-refractivity contribution in [1.29, 1.82) is 0 Å². The van der Waals surface area contributed by atoms with Crippen molar-refractivity contribution in [1.82, 2.24) is 8.61 Å². The zero-order valence-electron chi connectivity index (χ0n) is 4.44. The van der Waals surface area contributed by atoms with E-state index in [9.17, 15) is 13.2 Å². The van der Waals surface area contributed by atoms with Crippen LogP contribution in [-0.4, -0.2) is 36.1 Å². The van der Waals surface area contributed by atoms with Crippen molar-refractivity contribution in [3.63, 3.8) is 0 Å². The predicted octanol–water partition coefficient (Wildman–Crippen LogP) is -1.02. The molecule has 0 radical (unpaired) electrons. The maximum atomic E-state index is 10.7. The molecule has 3 heterocycles. The lowest BCUT2D eigenvalue weighted by Gasteiger charge is -2.28. The van der Waals surface area contributed by atoms with Gasteiger partial charge in [0.15, 0.2) is 0 Å². The number of rotatable bonds is 0. The molecule has 0 unspecified atom stereocenters. The maximum absolute atomic E-state index is 10.7. The molecule has 6 heteroatoms. The fourth-order valence-corrected chi connectivity index (χ4v) is 2.35. The molecule has 3 fully saturated rings. The van der Waals surface area contributed by atoms with Gasteiger partial charge in [0.05, 0.1) is 13.1 Å². The van der Waals surface area contributed by atoms with Gasteiger partial charge in [0, 0.05) is 0 Å². The van der Waals surface area contributed by atoms with Gasteiger partial charge in [-0.05, 0) is 0 Å². The highest BCUT2D eigenvalue weighted by Gasteiger charge is 2.55. The molecule has 3 aliphatic rings. The van der Waals surface area contributed by atoms with Crippen molar-refractivity contribution in [2.75, 3.05) is 13.1 Å². The summed E-state index contributed by atoms with van der Waals surface area (Å²) in [5.74, 6) is 0. The van der Waals surface area contributed by atoms with E-state index in [1.54, 1.807) is 0 Å². The molecule has 0 spiro atoms. The Morgan fingerprint density at radius 1 is 1.22 bits per heavy atom. The zero-order valence-corrected chi connectivity index (χ0v) is 5.26. The van der Waals surface area contributed by atoms with Crippen molar-refractivity contribution in [3.05, 3.63) is 0 Å². The number of fused-ring (bicyclic) bond motifs is 1. The normalized spacial score (nSPS) is 28.7. The number of nitrogens with zero attached hydrogens (tertiary/aromatic N) is 2. The molecule has 0 saturated carbocycles. The molecule has 3 rings (SSSR count). The van der Waals surface area contributed by atoms with Gasteiger partial charge in [-0.25, -0.2) is 13.4 Å². The summed E-state index contributed by atoms with van der Waals surface area (Å²) in [6.07, 6.45) is 0. The largest absolute Gasteiger partial charge is 0.350 e. The lowest BCUT2D eigenvalue weighted by atomic mass is 10.7. The molecule has 0 atom stereocenters. The Kier molecular flexibility index (Phi) is 0.595. The van der Waals surface area contributed by atoms with Gasteiger partial charge >= 0.3 is 16.2 Å². The van der Waals surface area contributed by atoms with Crippen LogP contribution in [0, 0.1) is 0 Å². The van der Waals surface area contributed by atoms with Crippen molar-refractivity contribution in [2.24, 2.45) is 0 Å². The van der Waals surface area contributed by atoms with Crippen LogP contribution in [0.3, 0.4) is 0 Å². The molecule has 50 valence electrons. The van der Waals surface area contributed by atoms with E-state index in [-0.39, 0.29) is 6.03 Å². The summed E-state index contributed by atoms with van der Waals surface area (Å²) in [5.41, 5.74) is 0. The molecule has 5 nitrogen and oxygen atoms in total. The molecule has 0 N–H and O–H groups in total. The minimum Gasteiger partial charge on any atom is -0.246 e. The Morgan fingerprint density at radius 2 is 1.67 bits per heavy atom. The third-order valence-electron chi connectivity index (χ3n) is 1.49. The Labute approximate surface area is 52.0 Å². The number of urea groups is 1. The van der Waals surface area contributed by atoms with E-state index in [1.165, 1.54) is 0 Å². The summed E-state index contributed by atoms with van der Waals surface area (Å²) in [5, 5.41) is 0. The Balaban J connectivity index is 2.56. The molecular formula is C3H4N2O3S. The van der Waals surface area contributed by atoms with Crippen LogP contribution in [0.4, 0.5) is 4.79 Å². The van der Waals surface area contributed by atoms with Crippen LogP contribution >= 0.6 is 0 Å². The summed E-state index contributed by atoms with van der Waals surface area (Å²) >= 11 is 0. The highest BCUT2D eigenvalue weighted by molar-refractivity contribution is 7.90. The number of hydrogen-bond donors (Lipinski definition) is 0. The summed E-state index contributed by atoms with van der Waals surface area (Å²) in [4.78, 5) is 10.5. The van der Waals surface area contributed by atoms with Gasteiger partial charge in [0.25, 0.3) is 0 Å². The molecule has 0 aliphatic carbocycles. The van der Waals surface area contributed by atoms with Crippen molar-refractivity contribution in [2.45, 2.75) is 0 Å². The number of amides is 2. The van der Waals surface area contributed by atoms with Gasteiger partial charge < -0.3 is 0 Å². The third-order valence-corrected chi connectivity index (χ3v) is 3.28. The summed E-state index contributed by atoms with van der Waals surface area (Å²) in [6, 6.07) is -0.380. The monoisotopic (exact) mass is 148 g/mol. The highest BCUT2D eigenvalue weighted by Crippen LogP contribution is 2.29. The van der Waals surface area contributed by atoms with E-state index in [0.29, 0.717) is 13.1 Å². The first-order chi connectivity index (χ1) is 4.14. The van der Waals surface area contributed by atoms with Crippen LogP contribution in [-0.2, 0) is 10.2 Å². The first-order valence-corrected chi connectivity index (χ1v) is 3.88. The zero-order chi connectivity index (χ0) is 6.65. The third kappa shape index (κ3) is 0.335. The second-order valence-corrected chi connectivity index (χ2v) is 3.71. The average Bonchev–Trinajstić information content (AvgIpc) is 2.23. The van der Waals surface area contributed by atoms with Gasteiger partial charge in [-0.3, -0.25) is 0 Å². The van der Waals surface area contributed by atoms with E-state index in [0.717, 1.165) is 8.61 Å². The first kappa shape index (κ1) is 5.04. The van der Waals surface area contributed by atoms with Gasteiger partial charge in [-0.1, -0.05) is 0 Å². The van der Waals surface area contributed by atoms with Crippen LogP contribution in [0.5, 0.6) is 0 Å². The fraction of sp³-hybridized carbons (Fsp3) is 0.667. The molecule has 2 amide bonds. The van der Waals surface area contributed by atoms with Crippen LogP contribution in [0.15, 0.2) is 0 Å². The van der Waals surface area contributed by atoms with Gasteiger partial charge in [-0.15, -0.1) is 0 Å². The number of carbonyl (C=O) groups excluding carboxylic acids is 1. The second-order valence-electron chi connectivity index (χ2n) is 1.93. The van der Waals surface area contributed by atoms with Crippen molar-refractivity contribution < 1.29 is 13.2 Å². The topological polar surface area (TPSA) is 57.7 Å². The van der Waals surface area contributed by atoms with Gasteiger partial charge in [-0.2, -0.15) is 8.42 Å². The summed E-state index contributed by atoms with van der Waals surface area (Å²) in [6.45, 7) is 0.669. The van der Waals surface area contributed by atoms with E-state index >= 15 is 0 Å². The molecule has 2 bridgehead atoms. The average molecular weight is 148 g/mol. The Bertz CT molecular complexity index is 249. The van der Waals surface area contributed by atoms with E-state index in [1.807, 2.05) is 0 Å². The van der Waals surface area contributed by atoms with E-state index < -0.39 is 10.2 Å². The minimum atomic E-state index is -3.26. The van der Waals surface area contributed by atoms with Gasteiger partial charge in [0.2, 0.25) is 0 Å². The molecule has 3 saturated heterocycles. The maximum Gasteiger partial charge on any atom is 0.350 e. The smallest absolute Gasteiger partial charge is 0.246 e. The quantitative estimate of drug-likeness (QED) is 0.442. The van der Waals surface area contributed by atoms with Crippen LogP contribution in [0.1, 0.15) is 0 Å². The summed E-state index contributed by atoms with van der Waals surface area (Å²) < 4.78 is 23.0. The molecule has 0 aromatic heterocycles. The van der Waals surface area contributed by atoms with Crippen LogP contribution < -0.4 is 0 Å². The van der Waals surface area contributed by atoms with E-state index in [2.05, 4.69) is 0 Å². The molecular weight excluding hydrogens is 144 g/mol.